The van der Waals surface area contributed by atoms with Gasteiger partial charge >= 0.3 is 0 Å². The highest BCUT2D eigenvalue weighted by Crippen LogP contribution is 2.25. The van der Waals surface area contributed by atoms with Crippen LogP contribution in [0.5, 0.6) is 5.75 Å². The minimum Gasteiger partial charge on any atom is -0.496 e. The molecular formula is C17H18N2O4. The van der Waals surface area contributed by atoms with E-state index in [1.54, 1.807) is 0 Å². The predicted molar refractivity (Wildman–Crippen MR) is 86.7 cm³/mol. The van der Waals surface area contributed by atoms with Gasteiger partial charge in [-0.05, 0) is 31.0 Å². The number of nitro benzene ring substituents is 1. The lowest BCUT2D eigenvalue weighted by Crippen LogP contribution is -2.27. The number of rotatable bonds is 5. The number of carbonyl (C=O) groups excluding carboxylic acids is 1. The number of non-ortho nitro benzene ring substituents is 1. The van der Waals surface area contributed by atoms with Crippen molar-refractivity contribution in [2.24, 2.45) is 0 Å². The Morgan fingerprint density at radius 3 is 2.57 bits per heavy atom. The Hall–Kier alpha value is -2.89. The van der Waals surface area contributed by atoms with Crippen molar-refractivity contribution in [1.82, 2.24) is 5.32 Å². The molecule has 0 radical (unpaired) electrons. The van der Waals surface area contributed by atoms with Crippen LogP contribution in [0.3, 0.4) is 0 Å². The molecule has 23 heavy (non-hydrogen) atoms. The molecule has 2 aromatic carbocycles. The molecule has 0 aromatic heterocycles. The first-order valence-electron chi connectivity index (χ1n) is 7.13. The zero-order chi connectivity index (χ0) is 17.0. The van der Waals surface area contributed by atoms with Gasteiger partial charge < -0.3 is 10.1 Å². The zero-order valence-electron chi connectivity index (χ0n) is 13.2. The second-order valence-electron chi connectivity index (χ2n) is 5.19. The highest BCUT2D eigenvalue weighted by Gasteiger charge is 2.19. The smallest absolute Gasteiger partial charge is 0.270 e. The Labute approximate surface area is 134 Å². The van der Waals surface area contributed by atoms with Gasteiger partial charge in [0.15, 0.2) is 0 Å². The van der Waals surface area contributed by atoms with E-state index >= 15 is 0 Å². The number of hydrogen-bond acceptors (Lipinski definition) is 4. The summed E-state index contributed by atoms with van der Waals surface area (Å²) in [5.74, 6) is -0.119. The first-order valence-corrected chi connectivity index (χ1v) is 7.13. The normalized spacial score (nSPS) is 11.6. The Bertz CT molecular complexity index is 743. The summed E-state index contributed by atoms with van der Waals surface area (Å²) in [4.78, 5) is 22.8. The Morgan fingerprint density at radius 2 is 1.96 bits per heavy atom. The zero-order valence-corrected chi connectivity index (χ0v) is 13.2. The molecule has 2 aromatic rings. The monoisotopic (exact) mass is 314 g/mol. The quantitative estimate of drug-likeness (QED) is 0.677. The molecule has 2 rings (SSSR count). The number of amides is 1. The van der Waals surface area contributed by atoms with Gasteiger partial charge in [0.1, 0.15) is 5.75 Å². The summed E-state index contributed by atoms with van der Waals surface area (Å²) < 4.78 is 5.13. The van der Waals surface area contributed by atoms with E-state index in [4.69, 9.17) is 4.74 Å². The summed E-state index contributed by atoms with van der Waals surface area (Å²) in [5, 5.41) is 13.7. The van der Waals surface area contributed by atoms with Crippen LogP contribution in [-0.2, 0) is 0 Å². The maximum atomic E-state index is 12.5. The topological polar surface area (TPSA) is 81.5 Å². The fourth-order valence-corrected chi connectivity index (χ4v) is 2.41. The molecule has 1 unspecified atom stereocenters. The molecule has 0 aliphatic rings. The average Bonchev–Trinajstić information content (AvgIpc) is 2.54. The van der Waals surface area contributed by atoms with Crippen LogP contribution in [0.2, 0.25) is 0 Å². The number of methoxy groups -OCH3 is 1. The molecule has 0 saturated heterocycles. The molecule has 1 atom stereocenters. The summed E-state index contributed by atoms with van der Waals surface area (Å²) in [6.45, 7) is 3.83. The van der Waals surface area contributed by atoms with Crippen molar-refractivity contribution in [2.75, 3.05) is 7.11 Å². The van der Waals surface area contributed by atoms with Gasteiger partial charge in [-0.15, -0.1) is 0 Å². The van der Waals surface area contributed by atoms with Gasteiger partial charge in [-0.3, -0.25) is 14.9 Å². The Kier molecular flexibility index (Phi) is 4.95. The average molecular weight is 314 g/mol. The number of carbonyl (C=O) groups is 1. The molecule has 0 aliphatic carbocycles. The molecule has 0 fully saturated rings. The van der Waals surface area contributed by atoms with E-state index in [9.17, 15) is 14.9 Å². The fraction of sp³-hybridized carbons (Fsp3) is 0.235. The molecule has 0 bridgehead atoms. The van der Waals surface area contributed by atoms with Crippen LogP contribution < -0.4 is 10.1 Å². The second-order valence-corrected chi connectivity index (χ2v) is 5.19. The van der Waals surface area contributed by atoms with Crippen LogP contribution in [-0.4, -0.2) is 17.9 Å². The van der Waals surface area contributed by atoms with E-state index in [2.05, 4.69) is 5.32 Å². The van der Waals surface area contributed by atoms with Crippen LogP contribution in [0.15, 0.2) is 42.5 Å². The number of ether oxygens (including phenoxy) is 1. The van der Waals surface area contributed by atoms with Crippen LogP contribution in [0, 0.1) is 17.0 Å². The first-order chi connectivity index (χ1) is 10.9. The maximum absolute atomic E-state index is 12.5. The van der Waals surface area contributed by atoms with Crippen molar-refractivity contribution < 1.29 is 14.5 Å². The second kappa shape index (κ2) is 6.91. The molecule has 0 heterocycles. The third-order valence-corrected chi connectivity index (χ3v) is 3.64. The Balaban J connectivity index is 2.28. The van der Waals surface area contributed by atoms with Crippen molar-refractivity contribution in [3.63, 3.8) is 0 Å². The van der Waals surface area contributed by atoms with Crippen molar-refractivity contribution >= 4 is 11.6 Å². The molecule has 6 nitrogen and oxygen atoms in total. The fourth-order valence-electron chi connectivity index (χ4n) is 2.41. The van der Waals surface area contributed by atoms with Gasteiger partial charge in [-0.25, -0.2) is 0 Å². The summed E-state index contributed by atoms with van der Waals surface area (Å²) in [6.07, 6.45) is 0. The lowest BCUT2D eigenvalue weighted by atomic mass is 10.0. The lowest BCUT2D eigenvalue weighted by Gasteiger charge is -2.17. The van der Waals surface area contributed by atoms with E-state index in [1.807, 2.05) is 38.1 Å². The first kappa shape index (κ1) is 16.5. The number of hydrogen-bond donors (Lipinski definition) is 1. The van der Waals surface area contributed by atoms with Crippen molar-refractivity contribution in [2.45, 2.75) is 19.9 Å². The van der Waals surface area contributed by atoms with E-state index in [0.717, 1.165) is 11.1 Å². The van der Waals surface area contributed by atoms with Gasteiger partial charge in [-0.1, -0.05) is 24.3 Å². The predicted octanol–water partition coefficient (Wildman–Crippen LogP) is 3.40. The lowest BCUT2D eigenvalue weighted by molar-refractivity contribution is -0.384. The van der Waals surface area contributed by atoms with E-state index in [1.165, 1.54) is 25.3 Å². The summed E-state index contributed by atoms with van der Waals surface area (Å²) in [6, 6.07) is 11.4. The van der Waals surface area contributed by atoms with E-state index < -0.39 is 10.8 Å². The minimum atomic E-state index is -0.541. The van der Waals surface area contributed by atoms with Crippen LogP contribution in [0.1, 0.15) is 34.5 Å². The van der Waals surface area contributed by atoms with Crippen molar-refractivity contribution in [1.29, 1.82) is 0 Å². The Morgan fingerprint density at radius 1 is 1.26 bits per heavy atom. The van der Waals surface area contributed by atoms with Gasteiger partial charge in [0.25, 0.3) is 11.6 Å². The van der Waals surface area contributed by atoms with Crippen molar-refractivity contribution in [3.8, 4) is 5.75 Å². The summed E-state index contributed by atoms with van der Waals surface area (Å²) in [5.41, 5.74) is 2.04. The molecule has 1 amide bonds. The van der Waals surface area contributed by atoms with E-state index in [-0.39, 0.29) is 17.3 Å². The van der Waals surface area contributed by atoms with Crippen LogP contribution >= 0.6 is 0 Å². The number of aryl methyl sites for hydroxylation is 1. The highest BCUT2D eigenvalue weighted by molar-refractivity contribution is 5.97. The molecular weight excluding hydrogens is 296 g/mol. The largest absolute Gasteiger partial charge is 0.496 e. The molecule has 0 aliphatic heterocycles. The summed E-state index contributed by atoms with van der Waals surface area (Å²) in [7, 11) is 1.42. The number of benzene rings is 2. The van der Waals surface area contributed by atoms with Gasteiger partial charge in [0, 0.05) is 12.1 Å². The third-order valence-electron chi connectivity index (χ3n) is 3.64. The maximum Gasteiger partial charge on any atom is 0.270 e. The van der Waals surface area contributed by atoms with Gasteiger partial charge in [0.05, 0.1) is 23.6 Å². The van der Waals surface area contributed by atoms with Crippen LogP contribution in [0.4, 0.5) is 5.69 Å². The number of nitrogens with one attached hydrogen (secondary N) is 1. The SMILES string of the molecule is COc1ccc([N+](=O)[O-])cc1C(=O)NC(C)c1ccccc1C. The van der Waals surface area contributed by atoms with Crippen molar-refractivity contribution in [3.05, 3.63) is 69.3 Å². The molecule has 120 valence electrons. The van der Waals surface area contributed by atoms with E-state index in [0.29, 0.717) is 5.75 Å². The van der Waals surface area contributed by atoms with Crippen LogP contribution in [0.25, 0.3) is 0 Å². The van der Waals surface area contributed by atoms with Gasteiger partial charge in [0.2, 0.25) is 0 Å². The molecule has 1 N–H and O–H groups in total. The summed E-state index contributed by atoms with van der Waals surface area (Å²) >= 11 is 0. The number of nitro groups is 1. The molecule has 6 heteroatoms. The number of nitrogens with zero attached hydrogens (tertiary/aromatic N) is 1. The molecule has 0 saturated carbocycles. The minimum absolute atomic E-state index is 0.141. The van der Waals surface area contributed by atoms with Gasteiger partial charge in [-0.2, -0.15) is 0 Å². The third kappa shape index (κ3) is 3.66. The molecule has 0 spiro atoms. The standard InChI is InChI=1S/C17H18N2O4/c1-11-6-4-5-7-14(11)12(2)18-17(20)15-10-13(19(21)22)8-9-16(15)23-3/h4-10,12H,1-3H3,(H,18,20). The highest BCUT2D eigenvalue weighted by atomic mass is 16.6.